The van der Waals surface area contributed by atoms with Crippen molar-refractivity contribution in [3.8, 4) is 0 Å². The van der Waals surface area contributed by atoms with Gasteiger partial charge in [-0.15, -0.1) is 0 Å². The molecule has 0 amide bonds. The number of aliphatic hydroxyl groups excluding tert-OH is 1. The lowest BCUT2D eigenvalue weighted by Crippen LogP contribution is -2.52. The first-order chi connectivity index (χ1) is 8.61. The molecule has 4 aliphatic rings. The summed E-state index contributed by atoms with van der Waals surface area (Å²) in [6.07, 6.45) is 7.23. The molecule has 18 heavy (non-hydrogen) atoms. The smallest absolute Gasteiger partial charge is 0.308 e. The predicted molar refractivity (Wildman–Crippen MR) is 67.9 cm³/mol. The minimum Gasteiger partial charge on any atom is -0.466 e. The van der Waals surface area contributed by atoms with Crippen molar-refractivity contribution in [2.75, 3.05) is 6.61 Å². The quantitative estimate of drug-likeness (QED) is 0.782. The summed E-state index contributed by atoms with van der Waals surface area (Å²) >= 11 is 0. The van der Waals surface area contributed by atoms with Crippen LogP contribution in [-0.4, -0.2) is 23.8 Å². The van der Waals surface area contributed by atoms with Crippen molar-refractivity contribution in [1.82, 2.24) is 0 Å². The van der Waals surface area contributed by atoms with Gasteiger partial charge in [-0.25, -0.2) is 0 Å². The first-order valence-corrected chi connectivity index (χ1v) is 7.45. The van der Waals surface area contributed by atoms with Crippen LogP contribution in [0.15, 0.2) is 0 Å². The van der Waals surface area contributed by atoms with E-state index in [1.165, 1.54) is 19.3 Å². The summed E-state index contributed by atoms with van der Waals surface area (Å²) < 4.78 is 4.98. The molecule has 0 spiro atoms. The lowest BCUT2D eigenvalue weighted by Gasteiger charge is -2.58. The van der Waals surface area contributed by atoms with Crippen LogP contribution in [0.2, 0.25) is 0 Å². The molecule has 4 fully saturated rings. The van der Waals surface area contributed by atoms with Gasteiger partial charge in [-0.3, -0.25) is 4.79 Å². The van der Waals surface area contributed by atoms with E-state index in [9.17, 15) is 9.90 Å². The third-order valence-corrected chi connectivity index (χ3v) is 5.46. The molecule has 4 saturated carbocycles. The van der Waals surface area contributed by atoms with Gasteiger partial charge in [-0.2, -0.15) is 0 Å². The number of carbonyl (C=O) groups excluding carboxylic acids is 1. The highest BCUT2D eigenvalue weighted by molar-refractivity contribution is 5.70. The molecule has 0 aromatic rings. The molecule has 3 nitrogen and oxygen atoms in total. The van der Waals surface area contributed by atoms with E-state index in [-0.39, 0.29) is 17.8 Å². The first-order valence-electron chi connectivity index (χ1n) is 7.45. The molecule has 0 aromatic carbocycles. The number of rotatable bonds is 4. The van der Waals surface area contributed by atoms with Gasteiger partial charge in [0.2, 0.25) is 0 Å². The summed E-state index contributed by atoms with van der Waals surface area (Å²) in [6, 6.07) is 0. The van der Waals surface area contributed by atoms with E-state index in [1.54, 1.807) is 0 Å². The zero-order valence-electron chi connectivity index (χ0n) is 11.2. The number of esters is 1. The zero-order chi connectivity index (χ0) is 12.8. The molecule has 0 aromatic heterocycles. The van der Waals surface area contributed by atoms with Crippen molar-refractivity contribution in [1.29, 1.82) is 0 Å². The average molecular weight is 252 g/mol. The van der Waals surface area contributed by atoms with Crippen molar-refractivity contribution in [2.45, 2.75) is 58.0 Å². The number of hydrogen-bond acceptors (Lipinski definition) is 3. The second kappa shape index (κ2) is 4.52. The molecule has 102 valence electrons. The highest BCUT2D eigenvalue weighted by Crippen LogP contribution is 2.61. The van der Waals surface area contributed by atoms with Crippen molar-refractivity contribution in [3.63, 3.8) is 0 Å². The molecule has 0 heterocycles. The van der Waals surface area contributed by atoms with Crippen molar-refractivity contribution >= 4 is 5.97 Å². The summed E-state index contributed by atoms with van der Waals surface area (Å²) in [5.41, 5.74) is 0.0432. The van der Waals surface area contributed by atoms with Crippen LogP contribution in [0.4, 0.5) is 0 Å². The highest BCUT2D eigenvalue weighted by Gasteiger charge is 2.54. The number of aliphatic hydroxyl groups is 1. The van der Waals surface area contributed by atoms with Crippen LogP contribution in [0.1, 0.15) is 51.9 Å². The summed E-state index contributed by atoms with van der Waals surface area (Å²) in [5, 5.41) is 10.5. The molecule has 0 radical (unpaired) electrons. The molecule has 3 heteroatoms. The van der Waals surface area contributed by atoms with Gasteiger partial charge in [0.05, 0.1) is 19.1 Å². The molecular formula is C15H24O3. The Bertz CT molecular complexity index is 301. The largest absolute Gasteiger partial charge is 0.466 e. The Morgan fingerprint density at radius 2 is 1.72 bits per heavy atom. The third kappa shape index (κ3) is 2.07. The zero-order valence-corrected chi connectivity index (χ0v) is 11.2. The van der Waals surface area contributed by atoms with Gasteiger partial charge in [0.25, 0.3) is 0 Å². The van der Waals surface area contributed by atoms with Gasteiger partial charge in [0.15, 0.2) is 0 Å². The van der Waals surface area contributed by atoms with Crippen LogP contribution in [0.25, 0.3) is 0 Å². The van der Waals surface area contributed by atoms with Gasteiger partial charge in [0, 0.05) is 0 Å². The minimum absolute atomic E-state index is 0.0432. The fourth-order valence-electron chi connectivity index (χ4n) is 5.18. The molecule has 4 rings (SSSR count). The van der Waals surface area contributed by atoms with E-state index in [2.05, 4.69) is 0 Å². The van der Waals surface area contributed by atoms with Crippen LogP contribution in [0, 0.1) is 23.2 Å². The number of ether oxygens (including phenoxy) is 1. The van der Waals surface area contributed by atoms with Crippen LogP contribution in [-0.2, 0) is 9.53 Å². The Balaban J connectivity index is 1.69. The maximum absolute atomic E-state index is 11.6. The summed E-state index contributed by atoms with van der Waals surface area (Å²) in [7, 11) is 0. The predicted octanol–water partition coefficient (Wildman–Crippen LogP) is 2.52. The lowest BCUT2D eigenvalue weighted by atomic mass is 9.48. The summed E-state index contributed by atoms with van der Waals surface area (Å²) in [5.74, 6) is 2.20. The van der Waals surface area contributed by atoms with Crippen LogP contribution in [0.3, 0.4) is 0 Å². The SMILES string of the molecule is CCOC(=O)C[C@H](O)C12CC3CC(CC(C3)C1)C2. The van der Waals surface area contributed by atoms with Gasteiger partial charge >= 0.3 is 5.97 Å². The maximum atomic E-state index is 11.6. The molecule has 0 saturated heterocycles. The van der Waals surface area contributed by atoms with Gasteiger partial charge in [-0.05, 0) is 68.6 Å². The Kier molecular flexibility index (Phi) is 3.13. The standard InChI is InChI=1S/C15H24O3/c1-2-18-14(17)6-13(16)15-7-10-3-11(8-15)5-12(4-10)9-15/h10-13,16H,2-9H2,1H3/t10?,11?,12?,13-,15?/m0/s1. The normalized spacial score (nSPS) is 42.9. The maximum Gasteiger partial charge on any atom is 0.308 e. The van der Waals surface area contributed by atoms with E-state index in [0.29, 0.717) is 6.61 Å². The number of carbonyl (C=O) groups is 1. The fraction of sp³-hybridized carbons (Fsp3) is 0.933. The van der Waals surface area contributed by atoms with E-state index in [4.69, 9.17) is 4.74 Å². The Labute approximate surface area is 109 Å². The van der Waals surface area contributed by atoms with Gasteiger partial charge in [0.1, 0.15) is 0 Å². The van der Waals surface area contributed by atoms with Crippen molar-refractivity contribution < 1.29 is 14.6 Å². The monoisotopic (exact) mass is 252 g/mol. The van der Waals surface area contributed by atoms with E-state index in [0.717, 1.165) is 37.0 Å². The second-order valence-corrected chi connectivity index (χ2v) is 6.80. The highest BCUT2D eigenvalue weighted by atomic mass is 16.5. The minimum atomic E-state index is -0.482. The molecular weight excluding hydrogens is 228 g/mol. The molecule has 1 atom stereocenters. The van der Waals surface area contributed by atoms with Gasteiger partial charge < -0.3 is 9.84 Å². The van der Waals surface area contributed by atoms with E-state index in [1.807, 2.05) is 6.92 Å². The van der Waals surface area contributed by atoms with Crippen LogP contribution >= 0.6 is 0 Å². The lowest BCUT2D eigenvalue weighted by molar-refractivity contribution is -0.156. The third-order valence-electron chi connectivity index (χ3n) is 5.46. The number of hydrogen-bond donors (Lipinski definition) is 1. The second-order valence-electron chi connectivity index (χ2n) is 6.80. The van der Waals surface area contributed by atoms with E-state index >= 15 is 0 Å². The van der Waals surface area contributed by atoms with Crippen LogP contribution in [0.5, 0.6) is 0 Å². The molecule has 1 N–H and O–H groups in total. The van der Waals surface area contributed by atoms with Gasteiger partial charge in [-0.1, -0.05) is 0 Å². The fourth-order valence-corrected chi connectivity index (χ4v) is 5.18. The Morgan fingerprint density at radius 1 is 1.22 bits per heavy atom. The molecule has 0 aliphatic heterocycles. The molecule has 4 aliphatic carbocycles. The van der Waals surface area contributed by atoms with Crippen molar-refractivity contribution in [2.24, 2.45) is 23.2 Å². The summed E-state index contributed by atoms with van der Waals surface area (Å²) in [4.78, 5) is 11.6. The van der Waals surface area contributed by atoms with Crippen LogP contribution < -0.4 is 0 Å². The average Bonchev–Trinajstić information content (AvgIpc) is 2.27. The van der Waals surface area contributed by atoms with E-state index < -0.39 is 6.10 Å². The molecule has 4 bridgehead atoms. The summed E-state index contributed by atoms with van der Waals surface area (Å²) in [6.45, 7) is 2.22. The first kappa shape index (κ1) is 12.5. The van der Waals surface area contributed by atoms with Crippen molar-refractivity contribution in [3.05, 3.63) is 0 Å². The topological polar surface area (TPSA) is 46.5 Å². The Morgan fingerprint density at radius 3 is 2.17 bits per heavy atom. The Hall–Kier alpha value is -0.570. The molecule has 0 unspecified atom stereocenters.